The van der Waals surface area contributed by atoms with Gasteiger partial charge in [-0.15, -0.1) is 0 Å². The number of hydrogen-bond donors (Lipinski definition) is 1. The highest BCUT2D eigenvalue weighted by atomic mass is 35.5. The molecule has 0 saturated heterocycles. The van der Waals surface area contributed by atoms with Crippen molar-refractivity contribution in [3.8, 4) is 0 Å². The molecule has 2 aromatic carbocycles. The van der Waals surface area contributed by atoms with Crippen LogP contribution in [0.2, 0.25) is 5.02 Å². The van der Waals surface area contributed by atoms with Crippen molar-refractivity contribution >= 4 is 55.8 Å². The summed E-state index contributed by atoms with van der Waals surface area (Å²) in [7, 11) is -2.49. The number of likely N-dealkylation sites (N-methyl/N-ethyl adjacent to an activating group) is 1. The number of phosphoric acid groups is 2. The number of pyridine rings is 1. The van der Waals surface area contributed by atoms with Gasteiger partial charge < -0.3 is 9.64 Å². The van der Waals surface area contributed by atoms with Crippen LogP contribution in [0.15, 0.2) is 48.7 Å². The first kappa shape index (κ1) is 39.4. The Morgan fingerprint density at radius 2 is 1.65 bits per heavy atom. The van der Waals surface area contributed by atoms with Gasteiger partial charge >= 0.3 is 21.7 Å². The van der Waals surface area contributed by atoms with Gasteiger partial charge in [0.05, 0.1) is 23.8 Å². The number of carbonyl (C=O) groups is 2. The van der Waals surface area contributed by atoms with Gasteiger partial charge in [0.1, 0.15) is 24.1 Å². The third-order valence-electron chi connectivity index (χ3n) is 7.03. The van der Waals surface area contributed by atoms with Crippen LogP contribution in [-0.4, -0.2) is 82.7 Å². The van der Waals surface area contributed by atoms with Crippen LogP contribution >= 0.6 is 27.2 Å². The molecule has 0 aliphatic carbocycles. The van der Waals surface area contributed by atoms with Gasteiger partial charge in [-0.3, -0.25) is 37.3 Å². The fourth-order valence-corrected chi connectivity index (χ4v) is 6.10. The van der Waals surface area contributed by atoms with Crippen molar-refractivity contribution in [1.82, 2.24) is 9.88 Å². The number of rotatable bonds is 18. The van der Waals surface area contributed by atoms with E-state index in [1.807, 2.05) is 0 Å². The second-order valence-electron chi connectivity index (χ2n) is 10.0. The molecular formula is C29H36ClF2N3O11P2. The molecule has 1 heterocycles. The third-order valence-corrected chi connectivity index (χ3v) is 10.3. The molecule has 0 radical (unpaired) electrons. The number of ether oxygens (including phenoxy) is 1. The summed E-state index contributed by atoms with van der Waals surface area (Å²) in [4.78, 5) is 31.5. The van der Waals surface area contributed by atoms with E-state index in [0.29, 0.717) is 16.3 Å². The van der Waals surface area contributed by atoms with Crippen molar-refractivity contribution in [1.29, 1.82) is 0 Å². The predicted octanol–water partition coefficient (Wildman–Crippen LogP) is 6.77. The quantitative estimate of drug-likeness (QED) is 0.137. The first-order valence-electron chi connectivity index (χ1n) is 14.2. The minimum atomic E-state index is -4.18. The number of nitrogens with one attached hydrogen (secondary N) is 1. The average molecular weight is 738 g/mol. The second kappa shape index (κ2) is 18.1. The van der Waals surface area contributed by atoms with E-state index in [0.717, 1.165) is 28.4 Å². The van der Waals surface area contributed by atoms with E-state index >= 15 is 0 Å². The van der Waals surface area contributed by atoms with E-state index in [1.165, 1.54) is 54.5 Å². The summed E-state index contributed by atoms with van der Waals surface area (Å²) in [5.74, 6) is -1.51. The summed E-state index contributed by atoms with van der Waals surface area (Å²) in [5, 5.41) is 3.45. The number of carbonyl (C=O) groups excluding carboxylic acids is 2. The summed E-state index contributed by atoms with van der Waals surface area (Å²) < 4.78 is 88.8. The number of hydrogen-bond acceptors (Lipinski definition) is 12. The Hall–Kier alpha value is -3.04. The zero-order valence-electron chi connectivity index (χ0n) is 26.7. The minimum absolute atomic E-state index is 0.0664. The topological polar surface area (TPSA) is 161 Å². The van der Waals surface area contributed by atoms with Gasteiger partial charge in [0.2, 0.25) is 5.91 Å². The van der Waals surface area contributed by atoms with Crippen LogP contribution in [-0.2, 0) is 52.2 Å². The van der Waals surface area contributed by atoms with E-state index in [1.54, 1.807) is 6.07 Å². The molecule has 1 N–H and O–H groups in total. The molecule has 1 unspecified atom stereocenters. The molecule has 0 aliphatic rings. The molecule has 3 rings (SSSR count). The van der Waals surface area contributed by atoms with Gasteiger partial charge in [0, 0.05) is 59.9 Å². The van der Waals surface area contributed by atoms with Crippen LogP contribution in [0.4, 0.5) is 19.4 Å². The first-order valence-corrected chi connectivity index (χ1v) is 17.5. The van der Waals surface area contributed by atoms with Crippen molar-refractivity contribution in [3.05, 3.63) is 70.9 Å². The maximum Gasteiger partial charge on any atom is 0.474 e. The molecule has 264 valence electrons. The van der Waals surface area contributed by atoms with Gasteiger partial charge in [0.15, 0.2) is 0 Å². The van der Waals surface area contributed by atoms with Crippen molar-refractivity contribution in [2.24, 2.45) is 0 Å². The maximum absolute atomic E-state index is 14.0. The summed E-state index contributed by atoms with van der Waals surface area (Å²) in [6, 6.07) is 8.77. The van der Waals surface area contributed by atoms with Gasteiger partial charge in [0.25, 0.3) is 0 Å². The molecule has 0 saturated carbocycles. The maximum atomic E-state index is 14.0. The molecule has 14 nitrogen and oxygen atoms in total. The molecule has 19 heteroatoms. The molecular weight excluding hydrogens is 702 g/mol. The number of nitrogens with zero attached hydrogens (tertiary/aromatic N) is 2. The summed E-state index contributed by atoms with van der Waals surface area (Å²) in [6.07, 6.45) is -1.08. The van der Waals surface area contributed by atoms with Gasteiger partial charge in [-0.2, -0.15) is 0 Å². The number of amides is 2. The average Bonchev–Trinajstić information content (AvgIpc) is 3.08. The number of aromatic nitrogens is 1. The van der Waals surface area contributed by atoms with Gasteiger partial charge in [-0.1, -0.05) is 23.7 Å². The molecule has 0 spiro atoms. The van der Waals surface area contributed by atoms with Crippen molar-refractivity contribution < 1.29 is 59.4 Å². The van der Waals surface area contributed by atoms with E-state index in [9.17, 15) is 27.5 Å². The molecule has 0 aliphatic heterocycles. The lowest BCUT2D eigenvalue weighted by atomic mass is 10.1. The minimum Gasteiger partial charge on any atom is -0.447 e. The molecule has 0 fully saturated rings. The highest BCUT2D eigenvalue weighted by Crippen LogP contribution is 2.51. The smallest absolute Gasteiger partial charge is 0.447 e. The Morgan fingerprint density at radius 1 is 0.958 bits per heavy atom. The lowest BCUT2D eigenvalue weighted by Gasteiger charge is -2.32. The molecule has 3 aromatic rings. The summed E-state index contributed by atoms with van der Waals surface area (Å²) in [5.41, 5.74) is 0.402. The number of phosphoric ester groups is 2. The Bertz CT molecular complexity index is 1660. The predicted molar refractivity (Wildman–Crippen MR) is 172 cm³/mol. The van der Waals surface area contributed by atoms with Crippen LogP contribution in [0.3, 0.4) is 0 Å². The number of aryl methyl sites for hydroxylation is 1. The summed E-state index contributed by atoms with van der Waals surface area (Å²) in [6.45, 7) is -1.01. The Morgan fingerprint density at radius 3 is 2.31 bits per heavy atom. The van der Waals surface area contributed by atoms with Gasteiger partial charge in [-0.05, 0) is 47.7 Å². The Balaban J connectivity index is 1.82. The van der Waals surface area contributed by atoms with Crippen molar-refractivity contribution in [2.75, 3.05) is 54.0 Å². The van der Waals surface area contributed by atoms with Gasteiger partial charge in [-0.25, -0.2) is 27.7 Å². The van der Waals surface area contributed by atoms with Crippen LogP contribution in [0.1, 0.15) is 18.4 Å². The van der Waals surface area contributed by atoms with Crippen LogP contribution in [0.25, 0.3) is 10.8 Å². The van der Waals surface area contributed by atoms with Crippen LogP contribution in [0.5, 0.6) is 0 Å². The Labute approximate surface area is 281 Å². The SMILES string of the molecule is COP(=O)(OC)OCC(C[C@@H](COC(=O)Nc1cc2cc(F)ccc2cn1)N(C)C(=O)CCc1cccc(F)c1Cl)OP(=O)(OC)OC. The monoisotopic (exact) mass is 737 g/mol. The van der Waals surface area contributed by atoms with E-state index < -0.39 is 64.6 Å². The highest BCUT2D eigenvalue weighted by Gasteiger charge is 2.35. The van der Waals surface area contributed by atoms with E-state index in [-0.39, 0.29) is 30.1 Å². The fourth-order valence-electron chi connectivity index (χ4n) is 4.34. The number of halogens is 3. The fraction of sp³-hybridized carbons (Fsp3) is 0.414. The van der Waals surface area contributed by atoms with E-state index in [2.05, 4.69) is 10.3 Å². The third kappa shape index (κ3) is 11.3. The normalized spacial score (nSPS) is 13.2. The van der Waals surface area contributed by atoms with Crippen LogP contribution < -0.4 is 5.32 Å². The molecule has 48 heavy (non-hydrogen) atoms. The summed E-state index contributed by atoms with van der Waals surface area (Å²) >= 11 is 6.05. The lowest BCUT2D eigenvalue weighted by molar-refractivity contribution is -0.133. The second-order valence-corrected chi connectivity index (χ2v) is 14.1. The molecule has 2 amide bonds. The van der Waals surface area contributed by atoms with E-state index in [4.69, 9.17) is 43.5 Å². The standard InChI is InChI=1S/C29H36ClF2N3O11P2/c1-35(27(36)12-10-19-7-6-8-25(32)28(19)30)23(15-24(46-48(39,42-4)43-5)18-45-47(38,40-2)41-3)17-44-29(37)34-26-14-21-13-22(31)11-9-20(21)16-33-26/h6-9,11,13-14,16,23-24H,10,12,15,17-18H2,1-5H3,(H,33,34,37)/t23-,24?/m0/s1. The largest absolute Gasteiger partial charge is 0.474 e. The number of fused-ring (bicyclic) bond motifs is 1. The van der Waals surface area contributed by atoms with Crippen molar-refractivity contribution in [2.45, 2.75) is 31.4 Å². The number of benzene rings is 2. The molecule has 2 atom stereocenters. The highest BCUT2D eigenvalue weighted by molar-refractivity contribution is 7.48. The Kier molecular flexibility index (Phi) is 14.9. The zero-order valence-corrected chi connectivity index (χ0v) is 29.3. The number of anilines is 1. The lowest BCUT2D eigenvalue weighted by Crippen LogP contribution is -2.44. The van der Waals surface area contributed by atoms with Crippen LogP contribution in [0, 0.1) is 11.6 Å². The first-order chi connectivity index (χ1) is 22.7. The van der Waals surface area contributed by atoms with Crippen molar-refractivity contribution in [3.63, 3.8) is 0 Å². The molecule has 0 bridgehead atoms. The molecule has 1 aromatic heterocycles. The zero-order chi connectivity index (χ0) is 35.5.